The lowest BCUT2D eigenvalue weighted by Crippen LogP contribution is -2.35. The molecule has 1 aliphatic carbocycles. The van der Waals surface area contributed by atoms with Crippen molar-refractivity contribution in [2.45, 2.75) is 57.7 Å². The van der Waals surface area contributed by atoms with Crippen molar-refractivity contribution in [1.29, 1.82) is 0 Å². The number of morpholine rings is 1. The molecule has 41 heavy (non-hydrogen) atoms. The molecule has 6 rings (SSSR count). The molecule has 2 N–H and O–H groups in total. The van der Waals surface area contributed by atoms with E-state index in [1.165, 1.54) is 12.3 Å². The van der Waals surface area contributed by atoms with Crippen LogP contribution >= 0.6 is 0 Å². The molecule has 11 heteroatoms. The number of imidazole rings is 1. The Labute approximate surface area is 238 Å². The summed E-state index contributed by atoms with van der Waals surface area (Å²) >= 11 is 0. The van der Waals surface area contributed by atoms with Gasteiger partial charge in [0, 0.05) is 50.2 Å². The topological polar surface area (TPSA) is 110 Å². The van der Waals surface area contributed by atoms with E-state index in [-0.39, 0.29) is 17.3 Å². The molecule has 2 aliphatic rings. The number of benzene rings is 1. The van der Waals surface area contributed by atoms with Crippen LogP contribution in [0.5, 0.6) is 0 Å². The largest absolute Gasteiger partial charge is 0.390 e. The fraction of sp³-hybridized carbons (Fsp3) is 0.467. The molecule has 0 unspecified atom stereocenters. The summed E-state index contributed by atoms with van der Waals surface area (Å²) in [5.41, 5.74) is 3.35. The van der Waals surface area contributed by atoms with Gasteiger partial charge in [0.1, 0.15) is 5.69 Å². The number of aromatic nitrogens is 5. The minimum Gasteiger partial charge on any atom is -0.390 e. The van der Waals surface area contributed by atoms with Crippen molar-refractivity contribution in [2.24, 2.45) is 7.05 Å². The summed E-state index contributed by atoms with van der Waals surface area (Å²) in [5.74, 6) is -0.929. The van der Waals surface area contributed by atoms with Crippen LogP contribution in [0.2, 0.25) is 0 Å². The van der Waals surface area contributed by atoms with E-state index in [9.17, 15) is 9.90 Å². The highest BCUT2D eigenvalue weighted by molar-refractivity contribution is 6.05. The molecule has 4 heterocycles. The molecule has 1 amide bonds. The lowest BCUT2D eigenvalue weighted by molar-refractivity contribution is 0.0106. The molecule has 0 atom stereocenters. The van der Waals surface area contributed by atoms with Crippen molar-refractivity contribution in [1.82, 2.24) is 29.2 Å². The van der Waals surface area contributed by atoms with Crippen LogP contribution in [-0.4, -0.2) is 72.1 Å². The predicted molar refractivity (Wildman–Crippen MR) is 153 cm³/mol. The first kappa shape index (κ1) is 27.5. The highest BCUT2D eigenvalue weighted by Crippen LogP contribution is 2.38. The number of halogens is 1. The summed E-state index contributed by atoms with van der Waals surface area (Å²) in [6, 6.07) is 7.64. The number of carbonyl (C=O) groups is 1. The maximum absolute atomic E-state index is 15.7. The first-order chi connectivity index (χ1) is 19.7. The molecule has 1 saturated heterocycles. The van der Waals surface area contributed by atoms with Gasteiger partial charge in [-0.2, -0.15) is 5.10 Å². The molecule has 2 fully saturated rings. The van der Waals surface area contributed by atoms with Gasteiger partial charge in [-0.1, -0.05) is 6.07 Å². The third-order valence-electron chi connectivity index (χ3n) is 8.51. The smallest absolute Gasteiger partial charge is 0.261 e. The summed E-state index contributed by atoms with van der Waals surface area (Å²) in [5, 5.41) is 17.7. The monoisotopic (exact) mass is 561 g/mol. The maximum Gasteiger partial charge on any atom is 0.261 e. The number of carbonyl (C=O) groups excluding carboxylic acids is 1. The molecule has 1 aliphatic heterocycles. The van der Waals surface area contributed by atoms with E-state index in [1.807, 2.05) is 18.4 Å². The molecule has 3 aromatic heterocycles. The number of aryl methyl sites for hydroxylation is 1. The highest BCUT2D eigenvalue weighted by atomic mass is 19.1. The molecular weight excluding hydrogens is 525 g/mol. The van der Waals surface area contributed by atoms with E-state index in [1.54, 1.807) is 17.9 Å². The zero-order valence-corrected chi connectivity index (χ0v) is 23.7. The number of anilines is 1. The first-order valence-corrected chi connectivity index (χ1v) is 14.2. The third-order valence-corrected chi connectivity index (χ3v) is 8.51. The second-order valence-electron chi connectivity index (χ2n) is 11.5. The standard InChI is InChI=1S/C30H36FN7O3/c1-19-23(17-33-36(19)3)27-26(31)22(8-11-32-27)28(39)35-29-34-24-16-20(18-37-12-14-41-15-13-37)4-5-25(24)38(29)21-6-9-30(2,40)10-7-21/h4-5,8,11,16-17,21,40H,6-7,9-10,12-15,18H2,1-3H3,(H,34,35,39). The van der Waals surface area contributed by atoms with Crippen LogP contribution in [0.3, 0.4) is 0 Å². The Morgan fingerprint density at radius 3 is 2.68 bits per heavy atom. The Balaban J connectivity index is 1.34. The number of rotatable bonds is 6. The zero-order valence-electron chi connectivity index (χ0n) is 23.7. The van der Waals surface area contributed by atoms with Crippen molar-refractivity contribution < 1.29 is 19.0 Å². The van der Waals surface area contributed by atoms with Crippen LogP contribution in [0.1, 0.15) is 60.3 Å². The quantitative estimate of drug-likeness (QED) is 0.363. The fourth-order valence-electron chi connectivity index (χ4n) is 5.91. The molecule has 1 saturated carbocycles. The van der Waals surface area contributed by atoms with Crippen LogP contribution in [0, 0.1) is 12.7 Å². The van der Waals surface area contributed by atoms with Gasteiger partial charge in [0.05, 0.1) is 41.6 Å². The number of pyridine rings is 1. The number of hydrogen-bond donors (Lipinski definition) is 2. The lowest BCUT2D eigenvalue weighted by Gasteiger charge is -2.34. The van der Waals surface area contributed by atoms with Gasteiger partial charge in [-0.15, -0.1) is 0 Å². The van der Waals surface area contributed by atoms with Crippen molar-refractivity contribution in [3.63, 3.8) is 0 Å². The number of aliphatic hydroxyl groups is 1. The predicted octanol–water partition coefficient (Wildman–Crippen LogP) is 4.23. The van der Waals surface area contributed by atoms with E-state index in [2.05, 4.69) is 38.5 Å². The second kappa shape index (κ2) is 11.0. The van der Waals surface area contributed by atoms with Crippen LogP contribution < -0.4 is 5.32 Å². The maximum atomic E-state index is 15.7. The molecule has 0 spiro atoms. The number of nitrogens with zero attached hydrogens (tertiary/aromatic N) is 6. The molecule has 10 nitrogen and oxygen atoms in total. The molecule has 1 aromatic carbocycles. The minimum atomic E-state index is -0.706. The Morgan fingerprint density at radius 1 is 1.22 bits per heavy atom. The summed E-state index contributed by atoms with van der Waals surface area (Å²) in [6.45, 7) is 7.70. The summed E-state index contributed by atoms with van der Waals surface area (Å²) in [6.07, 6.45) is 5.76. The molecular formula is C30H36FN7O3. The molecule has 0 radical (unpaired) electrons. The average molecular weight is 562 g/mol. The zero-order chi connectivity index (χ0) is 28.7. The van der Waals surface area contributed by atoms with Crippen molar-refractivity contribution >= 4 is 22.9 Å². The number of amides is 1. The number of hydrogen-bond acceptors (Lipinski definition) is 7. The van der Waals surface area contributed by atoms with Gasteiger partial charge < -0.3 is 14.4 Å². The summed E-state index contributed by atoms with van der Waals surface area (Å²) in [7, 11) is 1.77. The van der Waals surface area contributed by atoms with Gasteiger partial charge in [0.25, 0.3) is 5.91 Å². The SMILES string of the molecule is Cc1c(-c2nccc(C(=O)Nc3nc4cc(CN5CCOCC5)ccc4n3C3CCC(C)(O)CC3)c2F)cnn1C. The summed E-state index contributed by atoms with van der Waals surface area (Å²) < 4.78 is 24.9. The highest BCUT2D eigenvalue weighted by Gasteiger charge is 2.32. The van der Waals surface area contributed by atoms with Gasteiger partial charge in [-0.05, 0) is 63.3 Å². The van der Waals surface area contributed by atoms with Gasteiger partial charge in [-0.25, -0.2) is 9.37 Å². The summed E-state index contributed by atoms with van der Waals surface area (Å²) in [4.78, 5) is 24.9. The Morgan fingerprint density at radius 2 is 1.98 bits per heavy atom. The molecule has 0 bridgehead atoms. The van der Waals surface area contributed by atoms with Crippen molar-refractivity contribution in [2.75, 3.05) is 31.6 Å². The van der Waals surface area contributed by atoms with Crippen molar-refractivity contribution in [3.05, 3.63) is 59.3 Å². The number of nitrogens with one attached hydrogen (secondary N) is 1. The third kappa shape index (κ3) is 5.49. The Hall–Kier alpha value is -3.67. The molecule has 4 aromatic rings. The van der Waals surface area contributed by atoms with Gasteiger partial charge in [0.2, 0.25) is 5.95 Å². The minimum absolute atomic E-state index is 0.0384. The van der Waals surface area contributed by atoms with Crippen LogP contribution in [0.4, 0.5) is 10.3 Å². The van der Waals surface area contributed by atoms with E-state index in [4.69, 9.17) is 9.72 Å². The molecule has 216 valence electrons. The Kier molecular flexibility index (Phi) is 7.35. The lowest BCUT2D eigenvalue weighted by atomic mass is 9.83. The fourth-order valence-corrected chi connectivity index (χ4v) is 5.91. The van der Waals surface area contributed by atoms with Gasteiger partial charge in [-0.3, -0.25) is 24.7 Å². The second-order valence-corrected chi connectivity index (χ2v) is 11.5. The van der Waals surface area contributed by atoms with Crippen LogP contribution in [0.25, 0.3) is 22.3 Å². The number of fused-ring (bicyclic) bond motifs is 1. The van der Waals surface area contributed by atoms with E-state index >= 15 is 4.39 Å². The first-order valence-electron chi connectivity index (χ1n) is 14.2. The van der Waals surface area contributed by atoms with E-state index in [0.717, 1.165) is 68.0 Å². The Bertz CT molecular complexity index is 1580. The number of ether oxygens (including phenoxy) is 1. The van der Waals surface area contributed by atoms with Crippen molar-refractivity contribution in [3.8, 4) is 11.3 Å². The van der Waals surface area contributed by atoms with Crippen LogP contribution in [0.15, 0.2) is 36.7 Å². The van der Waals surface area contributed by atoms with Crippen LogP contribution in [-0.2, 0) is 18.3 Å². The normalized spacial score (nSPS) is 21.8. The average Bonchev–Trinajstić information content (AvgIpc) is 3.47. The van der Waals surface area contributed by atoms with E-state index in [0.29, 0.717) is 24.4 Å². The van der Waals surface area contributed by atoms with E-state index < -0.39 is 17.3 Å². The van der Waals surface area contributed by atoms with Gasteiger partial charge in [0.15, 0.2) is 5.82 Å². The van der Waals surface area contributed by atoms with Gasteiger partial charge >= 0.3 is 0 Å².